The van der Waals surface area contributed by atoms with Gasteiger partial charge in [0.2, 0.25) is 0 Å². The Balaban J connectivity index is 1.47. The van der Waals surface area contributed by atoms with Crippen LogP contribution < -0.4 is 10.2 Å². The number of esters is 1. The lowest BCUT2D eigenvalue weighted by Crippen LogP contribution is -2.50. The zero-order chi connectivity index (χ0) is 24.7. The number of rotatable bonds is 8. The molecule has 2 aliphatic rings. The molecule has 0 saturated carbocycles. The molecule has 11 heteroatoms. The summed E-state index contributed by atoms with van der Waals surface area (Å²) in [7, 11) is 0. The summed E-state index contributed by atoms with van der Waals surface area (Å²) in [6, 6.07) is 6.77. The van der Waals surface area contributed by atoms with Gasteiger partial charge in [0.05, 0.1) is 25.8 Å². The molecule has 1 atom stereocenters. The maximum atomic E-state index is 12.4. The highest BCUT2D eigenvalue weighted by atomic mass is 16.6. The van der Waals surface area contributed by atoms with Gasteiger partial charge in [-0.25, -0.2) is 9.59 Å². The van der Waals surface area contributed by atoms with Crippen molar-refractivity contribution in [3.8, 4) is 0 Å². The van der Waals surface area contributed by atoms with Crippen molar-refractivity contribution < 1.29 is 28.6 Å². The van der Waals surface area contributed by atoms with E-state index in [4.69, 9.17) is 19.6 Å². The van der Waals surface area contributed by atoms with E-state index in [2.05, 4.69) is 15.1 Å². The minimum Gasteiger partial charge on any atom is -0.465 e. The zero-order valence-electron chi connectivity index (χ0n) is 19.9. The third-order valence-corrected chi connectivity index (χ3v) is 5.50. The summed E-state index contributed by atoms with van der Waals surface area (Å²) in [6.45, 7) is 10.1. The second-order valence-electron chi connectivity index (χ2n) is 8.50. The quantitative estimate of drug-likeness (QED) is 0.252. The highest BCUT2D eigenvalue weighted by molar-refractivity contribution is 6.04. The third kappa shape index (κ3) is 7.16. The lowest BCUT2D eigenvalue weighted by Gasteiger charge is -2.34. The Hall–Kier alpha value is -3.18. The number of cyclic esters (lactones) is 1. The molecular weight excluding hydrogens is 442 g/mol. The second-order valence-corrected chi connectivity index (χ2v) is 8.50. The van der Waals surface area contributed by atoms with Gasteiger partial charge in [-0.3, -0.25) is 30.2 Å². The summed E-state index contributed by atoms with van der Waals surface area (Å²) in [4.78, 5) is 41.6. The zero-order valence-corrected chi connectivity index (χ0v) is 19.9. The fourth-order valence-electron chi connectivity index (χ4n) is 3.86. The highest BCUT2D eigenvalue weighted by Gasteiger charge is 2.34. The van der Waals surface area contributed by atoms with Crippen LogP contribution in [0.2, 0.25) is 0 Å². The summed E-state index contributed by atoms with van der Waals surface area (Å²) in [6.07, 6.45) is -1.63. The first-order valence-corrected chi connectivity index (χ1v) is 11.5. The summed E-state index contributed by atoms with van der Waals surface area (Å²) in [5.41, 5.74) is 1.15. The number of amides is 2. The Morgan fingerprint density at radius 1 is 1.15 bits per heavy atom. The van der Waals surface area contributed by atoms with Gasteiger partial charge >= 0.3 is 18.2 Å². The number of nitrogens with one attached hydrogen (secondary N) is 2. The van der Waals surface area contributed by atoms with Crippen LogP contribution in [0.4, 0.5) is 15.3 Å². The van der Waals surface area contributed by atoms with E-state index in [0.29, 0.717) is 37.5 Å². The van der Waals surface area contributed by atoms with Gasteiger partial charge in [-0.05, 0) is 45.0 Å². The molecule has 186 valence electrons. The monoisotopic (exact) mass is 475 g/mol. The van der Waals surface area contributed by atoms with E-state index in [9.17, 15) is 14.4 Å². The number of nitrogens with zero attached hydrogens (tertiary/aromatic N) is 3. The van der Waals surface area contributed by atoms with Crippen molar-refractivity contribution in [1.29, 1.82) is 5.41 Å². The SMILES string of the molecule is CCOC(=O)CN1CCN(CC2CN(c3ccc(C(=N)NC(=O)OC(C)C)cc3)C(=O)O2)CC1. The molecule has 1 aromatic carbocycles. The Kier molecular flexibility index (Phi) is 8.83. The fourth-order valence-corrected chi connectivity index (χ4v) is 3.86. The Bertz CT molecular complexity index is 882. The third-order valence-electron chi connectivity index (χ3n) is 5.50. The number of alkyl carbamates (subject to hydrolysis) is 1. The summed E-state index contributed by atoms with van der Waals surface area (Å²) >= 11 is 0. The Labute approximate surface area is 199 Å². The first kappa shape index (κ1) is 25.4. The van der Waals surface area contributed by atoms with Crippen molar-refractivity contribution in [2.75, 3.05) is 57.3 Å². The van der Waals surface area contributed by atoms with Gasteiger partial charge in [0.25, 0.3) is 0 Å². The maximum absolute atomic E-state index is 12.4. The molecule has 2 heterocycles. The maximum Gasteiger partial charge on any atom is 0.414 e. The predicted molar refractivity (Wildman–Crippen MR) is 125 cm³/mol. The molecular formula is C23H33N5O6. The van der Waals surface area contributed by atoms with E-state index in [1.54, 1.807) is 49.9 Å². The number of hydrogen-bond acceptors (Lipinski definition) is 9. The van der Waals surface area contributed by atoms with E-state index in [0.717, 1.165) is 26.2 Å². The van der Waals surface area contributed by atoms with E-state index in [-0.39, 0.29) is 24.0 Å². The Morgan fingerprint density at radius 3 is 2.41 bits per heavy atom. The number of piperazine rings is 1. The highest BCUT2D eigenvalue weighted by Crippen LogP contribution is 2.23. The number of carbonyl (C=O) groups excluding carboxylic acids is 3. The van der Waals surface area contributed by atoms with Crippen LogP contribution in [0.25, 0.3) is 0 Å². The van der Waals surface area contributed by atoms with Crippen molar-refractivity contribution in [2.24, 2.45) is 0 Å². The molecule has 0 aromatic heterocycles. The topological polar surface area (TPSA) is 125 Å². The van der Waals surface area contributed by atoms with E-state index >= 15 is 0 Å². The predicted octanol–water partition coefficient (Wildman–Crippen LogP) is 1.65. The van der Waals surface area contributed by atoms with Crippen LogP contribution in [-0.4, -0.2) is 98.4 Å². The molecule has 0 radical (unpaired) electrons. The first-order valence-electron chi connectivity index (χ1n) is 11.5. The van der Waals surface area contributed by atoms with E-state index in [1.807, 2.05) is 0 Å². The molecule has 2 fully saturated rings. The minimum atomic E-state index is -0.684. The van der Waals surface area contributed by atoms with E-state index in [1.165, 1.54) is 0 Å². The lowest BCUT2D eigenvalue weighted by atomic mass is 10.1. The molecule has 1 unspecified atom stereocenters. The Morgan fingerprint density at radius 2 is 1.79 bits per heavy atom. The van der Waals surface area contributed by atoms with Crippen LogP contribution in [0.5, 0.6) is 0 Å². The van der Waals surface area contributed by atoms with Crippen molar-refractivity contribution in [3.63, 3.8) is 0 Å². The van der Waals surface area contributed by atoms with Crippen LogP contribution in [0.1, 0.15) is 26.3 Å². The summed E-state index contributed by atoms with van der Waals surface area (Å²) in [5, 5.41) is 10.4. The standard InChI is InChI=1S/C23H33N5O6/c1-4-32-20(29)15-27-11-9-26(10-12-27)13-19-14-28(23(31)34-19)18-7-5-17(6-8-18)21(24)25-22(30)33-16(2)3/h5-8,16,19H,4,9-15H2,1-3H3,(H2,24,25,30). The van der Waals surface area contributed by atoms with Gasteiger partial charge in [0.1, 0.15) is 11.9 Å². The molecule has 34 heavy (non-hydrogen) atoms. The first-order chi connectivity index (χ1) is 16.2. The van der Waals surface area contributed by atoms with Crippen LogP contribution in [-0.2, 0) is 19.0 Å². The van der Waals surface area contributed by atoms with Crippen LogP contribution in [0, 0.1) is 5.41 Å². The second kappa shape index (κ2) is 11.8. The summed E-state index contributed by atoms with van der Waals surface area (Å²) < 4.78 is 15.5. The number of carbonyl (C=O) groups is 3. The van der Waals surface area contributed by atoms with Gasteiger partial charge in [-0.1, -0.05) is 0 Å². The summed E-state index contributed by atoms with van der Waals surface area (Å²) in [5.74, 6) is -0.287. The molecule has 1 aromatic rings. The minimum absolute atomic E-state index is 0.0822. The van der Waals surface area contributed by atoms with Gasteiger partial charge in [-0.15, -0.1) is 0 Å². The molecule has 2 aliphatic heterocycles. The lowest BCUT2D eigenvalue weighted by molar-refractivity contribution is -0.144. The molecule has 2 N–H and O–H groups in total. The average Bonchev–Trinajstić information content (AvgIpc) is 3.14. The number of benzene rings is 1. The fraction of sp³-hybridized carbons (Fsp3) is 0.565. The number of anilines is 1. The van der Waals surface area contributed by atoms with Gasteiger partial charge in [-0.2, -0.15) is 0 Å². The molecule has 2 amide bonds. The van der Waals surface area contributed by atoms with Crippen LogP contribution in [0.15, 0.2) is 24.3 Å². The van der Waals surface area contributed by atoms with Gasteiger partial charge in [0.15, 0.2) is 0 Å². The molecule has 2 saturated heterocycles. The van der Waals surface area contributed by atoms with Crippen LogP contribution >= 0.6 is 0 Å². The largest absolute Gasteiger partial charge is 0.465 e. The molecule has 11 nitrogen and oxygen atoms in total. The van der Waals surface area contributed by atoms with Crippen LogP contribution in [0.3, 0.4) is 0 Å². The molecule has 0 spiro atoms. The van der Waals surface area contributed by atoms with Crippen molar-refractivity contribution in [2.45, 2.75) is 33.0 Å². The van der Waals surface area contributed by atoms with Crippen molar-refractivity contribution in [3.05, 3.63) is 29.8 Å². The normalized spacial score (nSPS) is 19.1. The number of amidine groups is 1. The number of hydrogen-bond donors (Lipinski definition) is 2. The molecule has 0 bridgehead atoms. The van der Waals surface area contributed by atoms with Crippen molar-refractivity contribution >= 4 is 29.7 Å². The van der Waals surface area contributed by atoms with Gasteiger partial charge in [0, 0.05) is 44.0 Å². The van der Waals surface area contributed by atoms with Crippen molar-refractivity contribution in [1.82, 2.24) is 15.1 Å². The average molecular weight is 476 g/mol. The molecule has 3 rings (SSSR count). The van der Waals surface area contributed by atoms with E-state index < -0.39 is 12.2 Å². The molecule has 0 aliphatic carbocycles. The number of ether oxygens (including phenoxy) is 3. The smallest absolute Gasteiger partial charge is 0.414 e. The van der Waals surface area contributed by atoms with Gasteiger partial charge < -0.3 is 14.2 Å².